The second-order valence-corrected chi connectivity index (χ2v) is 12.4. The first-order valence-electron chi connectivity index (χ1n) is 15.1. The number of ether oxygens (including phenoxy) is 3. The van der Waals surface area contributed by atoms with Gasteiger partial charge in [0.25, 0.3) is 0 Å². The molecule has 0 fully saturated rings. The number of carbonyl (C=O) groups excluding carboxylic acids is 4. The molecule has 2 N–H and O–H groups in total. The van der Waals surface area contributed by atoms with E-state index in [1.165, 1.54) is 0 Å². The highest BCUT2D eigenvalue weighted by Crippen LogP contribution is 2.35. The standard InChI is InChI=1S/C33H37N5O7S2/c1-6-43-24-16-14-23(15-17-24)38-25(19-34-26(39)18-22-12-10-9-11-13-22)36-37-33(38)46-21(5)29(40)35-30-27(31(41)44-7-2)20(4)28(47-30)32(42)45-8-3/h9-17,21H,6-8,18-19H2,1-5H3,(H,34,39)(H,35,40)/t21-/m1/s1. The van der Waals surface area contributed by atoms with Crippen molar-refractivity contribution in [2.24, 2.45) is 0 Å². The minimum atomic E-state index is -0.718. The van der Waals surface area contributed by atoms with Crippen LogP contribution in [0.15, 0.2) is 59.8 Å². The maximum absolute atomic E-state index is 13.5. The van der Waals surface area contributed by atoms with E-state index >= 15 is 0 Å². The SMILES string of the molecule is CCOC(=O)c1sc(NC(=O)[C@@H](C)Sc2nnc(CNC(=O)Cc3ccccc3)n2-c2ccc(OCC)cc2)c(C(=O)OCC)c1C. The van der Waals surface area contributed by atoms with E-state index < -0.39 is 23.1 Å². The first kappa shape index (κ1) is 35.2. The molecule has 12 nitrogen and oxygen atoms in total. The lowest BCUT2D eigenvalue weighted by atomic mass is 10.1. The number of hydrogen-bond acceptors (Lipinski definition) is 11. The van der Waals surface area contributed by atoms with E-state index in [2.05, 4.69) is 20.8 Å². The molecule has 2 aromatic carbocycles. The predicted molar refractivity (Wildman–Crippen MR) is 179 cm³/mol. The molecule has 2 amide bonds. The van der Waals surface area contributed by atoms with Crippen molar-refractivity contribution in [2.75, 3.05) is 25.1 Å². The summed E-state index contributed by atoms with van der Waals surface area (Å²) in [7, 11) is 0. The number of rotatable bonds is 15. The number of nitrogens with one attached hydrogen (secondary N) is 2. The highest BCUT2D eigenvalue weighted by molar-refractivity contribution is 8.00. The van der Waals surface area contributed by atoms with E-state index in [0.717, 1.165) is 28.7 Å². The van der Waals surface area contributed by atoms with Crippen molar-refractivity contribution in [1.82, 2.24) is 20.1 Å². The molecule has 2 aromatic heterocycles. The number of esters is 2. The quantitative estimate of drug-likeness (QED) is 0.124. The molecule has 0 aliphatic heterocycles. The van der Waals surface area contributed by atoms with Crippen LogP contribution in [0.25, 0.3) is 5.69 Å². The van der Waals surface area contributed by atoms with Crippen LogP contribution in [0.5, 0.6) is 5.75 Å². The Bertz CT molecular complexity index is 1700. The van der Waals surface area contributed by atoms with Crippen molar-refractivity contribution in [1.29, 1.82) is 0 Å². The van der Waals surface area contributed by atoms with E-state index in [4.69, 9.17) is 14.2 Å². The van der Waals surface area contributed by atoms with E-state index in [-0.39, 0.29) is 47.5 Å². The van der Waals surface area contributed by atoms with E-state index in [1.807, 2.05) is 61.5 Å². The lowest BCUT2D eigenvalue weighted by molar-refractivity contribution is -0.120. The Morgan fingerprint density at radius 3 is 2.26 bits per heavy atom. The Labute approximate surface area is 281 Å². The summed E-state index contributed by atoms with van der Waals surface area (Å²) >= 11 is 2.10. The zero-order valence-corrected chi connectivity index (χ0v) is 28.5. The molecule has 47 heavy (non-hydrogen) atoms. The highest BCUT2D eigenvalue weighted by atomic mass is 32.2. The fourth-order valence-electron chi connectivity index (χ4n) is 4.50. The van der Waals surface area contributed by atoms with Crippen LogP contribution in [0.2, 0.25) is 0 Å². The van der Waals surface area contributed by atoms with Gasteiger partial charge >= 0.3 is 11.9 Å². The number of amides is 2. The number of benzene rings is 2. The van der Waals surface area contributed by atoms with Crippen LogP contribution in [-0.4, -0.2) is 63.6 Å². The summed E-state index contributed by atoms with van der Waals surface area (Å²) in [5.41, 5.74) is 2.07. The Morgan fingerprint density at radius 2 is 1.60 bits per heavy atom. The second kappa shape index (κ2) is 16.7. The van der Waals surface area contributed by atoms with Gasteiger partial charge in [-0.2, -0.15) is 0 Å². The van der Waals surface area contributed by atoms with Crippen molar-refractivity contribution in [3.8, 4) is 11.4 Å². The zero-order chi connectivity index (χ0) is 33.9. The van der Waals surface area contributed by atoms with Crippen LogP contribution in [0.3, 0.4) is 0 Å². The molecule has 4 rings (SSSR count). The van der Waals surface area contributed by atoms with Crippen molar-refractivity contribution < 1.29 is 33.4 Å². The summed E-state index contributed by atoms with van der Waals surface area (Å²) in [5.74, 6) is -0.698. The van der Waals surface area contributed by atoms with Gasteiger partial charge in [0, 0.05) is 5.69 Å². The molecule has 0 aliphatic rings. The molecule has 248 valence electrons. The summed E-state index contributed by atoms with van der Waals surface area (Å²) in [6.45, 7) is 9.46. The molecule has 4 aromatic rings. The molecular formula is C33H37N5O7S2. The Morgan fingerprint density at radius 1 is 0.915 bits per heavy atom. The van der Waals surface area contributed by atoms with Gasteiger partial charge < -0.3 is 24.8 Å². The smallest absolute Gasteiger partial charge is 0.348 e. The maximum atomic E-state index is 13.5. The van der Waals surface area contributed by atoms with Gasteiger partial charge in [-0.15, -0.1) is 21.5 Å². The monoisotopic (exact) mass is 679 g/mol. The molecule has 0 saturated heterocycles. The average molecular weight is 680 g/mol. The lowest BCUT2D eigenvalue weighted by Crippen LogP contribution is -2.26. The summed E-state index contributed by atoms with van der Waals surface area (Å²) in [6, 6.07) is 16.7. The summed E-state index contributed by atoms with van der Waals surface area (Å²) in [5, 5.41) is 14.3. The minimum Gasteiger partial charge on any atom is -0.494 e. The van der Waals surface area contributed by atoms with Crippen molar-refractivity contribution in [3.63, 3.8) is 0 Å². The topological polar surface area (TPSA) is 151 Å². The van der Waals surface area contributed by atoms with Gasteiger partial charge in [0.1, 0.15) is 15.6 Å². The Hall–Kier alpha value is -4.69. The van der Waals surface area contributed by atoms with Gasteiger partial charge in [-0.25, -0.2) is 9.59 Å². The maximum Gasteiger partial charge on any atom is 0.348 e. The van der Waals surface area contributed by atoms with Gasteiger partial charge in [-0.3, -0.25) is 14.2 Å². The van der Waals surface area contributed by atoms with Crippen LogP contribution in [0.1, 0.15) is 64.7 Å². The molecule has 0 radical (unpaired) electrons. The Kier molecular flexibility index (Phi) is 12.5. The zero-order valence-electron chi connectivity index (χ0n) is 26.8. The third kappa shape index (κ3) is 8.98. The third-order valence-electron chi connectivity index (χ3n) is 6.73. The first-order valence-corrected chi connectivity index (χ1v) is 16.8. The van der Waals surface area contributed by atoms with E-state index in [9.17, 15) is 19.2 Å². The normalized spacial score (nSPS) is 11.4. The van der Waals surface area contributed by atoms with Gasteiger partial charge in [0.05, 0.1) is 43.6 Å². The van der Waals surface area contributed by atoms with Crippen molar-refractivity contribution in [3.05, 3.63) is 82.0 Å². The Balaban J connectivity index is 1.57. The highest BCUT2D eigenvalue weighted by Gasteiger charge is 2.29. The number of nitrogens with zero attached hydrogens (tertiary/aromatic N) is 3. The first-order chi connectivity index (χ1) is 22.7. The van der Waals surface area contributed by atoms with Gasteiger partial charge in [0.15, 0.2) is 11.0 Å². The number of hydrogen-bond donors (Lipinski definition) is 2. The van der Waals surface area contributed by atoms with Crippen LogP contribution >= 0.6 is 23.1 Å². The summed E-state index contributed by atoms with van der Waals surface area (Å²) < 4.78 is 17.7. The van der Waals surface area contributed by atoms with Crippen LogP contribution in [-0.2, 0) is 32.0 Å². The molecule has 1 atom stereocenters. The van der Waals surface area contributed by atoms with Crippen LogP contribution in [0, 0.1) is 6.92 Å². The van der Waals surface area contributed by atoms with Crippen molar-refractivity contribution in [2.45, 2.75) is 58.0 Å². The predicted octanol–water partition coefficient (Wildman–Crippen LogP) is 5.37. The summed E-state index contributed by atoms with van der Waals surface area (Å²) in [6.07, 6.45) is 0.213. The minimum absolute atomic E-state index is 0.0982. The van der Waals surface area contributed by atoms with Crippen LogP contribution in [0.4, 0.5) is 5.00 Å². The van der Waals surface area contributed by atoms with E-state index in [0.29, 0.717) is 34.6 Å². The summed E-state index contributed by atoms with van der Waals surface area (Å²) in [4.78, 5) is 51.8. The largest absolute Gasteiger partial charge is 0.494 e. The van der Waals surface area contributed by atoms with Crippen LogP contribution < -0.4 is 15.4 Å². The molecule has 0 unspecified atom stereocenters. The molecule has 14 heteroatoms. The number of carbonyl (C=O) groups is 4. The fraction of sp³-hybridized carbons (Fsp3) is 0.333. The molecule has 0 bridgehead atoms. The van der Waals surface area contributed by atoms with Gasteiger partial charge in [0.2, 0.25) is 11.8 Å². The number of thioether (sulfide) groups is 1. The number of anilines is 1. The number of thiophene rings is 1. The number of aromatic nitrogens is 3. The second-order valence-electron chi connectivity index (χ2n) is 10.1. The molecule has 2 heterocycles. The average Bonchev–Trinajstić information content (AvgIpc) is 3.61. The van der Waals surface area contributed by atoms with Gasteiger partial charge in [-0.05, 0) is 70.0 Å². The third-order valence-corrected chi connectivity index (χ3v) is 8.96. The fourth-order valence-corrected chi connectivity index (χ4v) is 6.48. The molecule has 0 spiro atoms. The lowest BCUT2D eigenvalue weighted by Gasteiger charge is -2.15. The van der Waals surface area contributed by atoms with Crippen molar-refractivity contribution >= 4 is 51.9 Å². The molecule has 0 aliphatic carbocycles. The molecular weight excluding hydrogens is 643 g/mol. The van der Waals surface area contributed by atoms with Gasteiger partial charge in [-0.1, -0.05) is 42.1 Å². The molecule has 0 saturated carbocycles. The van der Waals surface area contributed by atoms with E-state index in [1.54, 1.807) is 32.3 Å².